The number of carbonyl (C=O) groups excluding carboxylic acids is 1. The van der Waals surface area contributed by atoms with E-state index < -0.39 is 0 Å². The van der Waals surface area contributed by atoms with E-state index in [-0.39, 0.29) is 5.91 Å². The molecule has 5 rings (SSSR count). The molecule has 1 aliphatic heterocycles. The molecule has 0 bridgehead atoms. The lowest BCUT2D eigenvalue weighted by molar-refractivity contribution is 0.0337. The van der Waals surface area contributed by atoms with Crippen molar-refractivity contribution in [3.8, 4) is 10.6 Å². The Kier molecular flexibility index (Phi) is 6.40. The number of rotatable bonds is 7. The predicted octanol–water partition coefficient (Wildman–Crippen LogP) is 4.20. The van der Waals surface area contributed by atoms with E-state index in [9.17, 15) is 4.79 Å². The number of morpholine rings is 1. The maximum atomic E-state index is 13.2. The Hall–Kier alpha value is -2.85. The third-order valence-electron chi connectivity index (χ3n) is 5.21. The second-order valence-electron chi connectivity index (χ2n) is 7.54. The Morgan fingerprint density at radius 3 is 2.69 bits per heavy atom. The molecule has 0 radical (unpaired) electrons. The summed E-state index contributed by atoms with van der Waals surface area (Å²) in [6, 6.07) is 14.1. The minimum absolute atomic E-state index is 0.194. The van der Waals surface area contributed by atoms with Crippen molar-refractivity contribution in [3.63, 3.8) is 0 Å². The number of aromatic nitrogens is 3. The SMILES string of the molecule is O=C(Nc1nc(CN2CCOCC2)cs1)c1cn(Cc2ccccc2)nc1-c1cccs1. The summed E-state index contributed by atoms with van der Waals surface area (Å²) >= 11 is 3.02. The minimum Gasteiger partial charge on any atom is -0.379 e. The molecule has 32 heavy (non-hydrogen) atoms. The quantitative estimate of drug-likeness (QED) is 0.443. The van der Waals surface area contributed by atoms with Crippen molar-refractivity contribution in [1.82, 2.24) is 19.7 Å². The van der Waals surface area contributed by atoms with Crippen LogP contribution in [0.3, 0.4) is 0 Å². The smallest absolute Gasteiger partial charge is 0.261 e. The first-order chi connectivity index (χ1) is 15.7. The Morgan fingerprint density at radius 1 is 1.06 bits per heavy atom. The summed E-state index contributed by atoms with van der Waals surface area (Å²) in [5.41, 5.74) is 3.34. The van der Waals surface area contributed by atoms with E-state index in [1.807, 2.05) is 52.0 Å². The van der Waals surface area contributed by atoms with Gasteiger partial charge in [-0.05, 0) is 17.0 Å². The van der Waals surface area contributed by atoms with Crippen molar-refractivity contribution in [3.05, 3.63) is 76.2 Å². The van der Waals surface area contributed by atoms with Gasteiger partial charge in [-0.25, -0.2) is 4.98 Å². The van der Waals surface area contributed by atoms with Crippen molar-refractivity contribution in [1.29, 1.82) is 0 Å². The summed E-state index contributed by atoms with van der Waals surface area (Å²) in [6.45, 7) is 4.70. The number of nitrogens with zero attached hydrogens (tertiary/aromatic N) is 4. The molecule has 3 aromatic heterocycles. The first-order valence-electron chi connectivity index (χ1n) is 10.5. The number of ether oxygens (including phenoxy) is 1. The fraction of sp³-hybridized carbons (Fsp3) is 0.261. The lowest BCUT2D eigenvalue weighted by Gasteiger charge is -2.25. The van der Waals surface area contributed by atoms with Crippen LogP contribution in [0.25, 0.3) is 10.6 Å². The zero-order chi connectivity index (χ0) is 21.8. The number of amides is 1. The molecule has 0 saturated carbocycles. The highest BCUT2D eigenvalue weighted by molar-refractivity contribution is 7.14. The summed E-state index contributed by atoms with van der Waals surface area (Å²) in [6.07, 6.45) is 1.82. The molecular formula is C23H23N5O2S2. The van der Waals surface area contributed by atoms with Crippen LogP contribution < -0.4 is 5.32 Å². The van der Waals surface area contributed by atoms with Crippen molar-refractivity contribution in [2.45, 2.75) is 13.1 Å². The monoisotopic (exact) mass is 465 g/mol. The molecule has 1 aromatic carbocycles. The average molecular weight is 466 g/mol. The molecule has 1 fully saturated rings. The summed E-state index contributed by atoms with van der Waals surface area (Å²) in [4.78, 5) is 21.1. The molecule has 0 unspecified atom stereocenters. The maximum absolute atomic E-state index is 13.2. The van der Waals surface area contributed by atoms with Gasteiger partial charge in [0.25, 0.3) is 5.91 Å². The molecule has 1 aliphatic rings. The largest absolute Gasteiger partial charge is 0.379 e. The highest BCUT2D eigenvalue weighted by Crippen LogP contribution is 2.28. The summed E-state index contributed by atoms with van der Waals surface area (Å²) < 4.78 is 7.23. The van der Waals surface area contributed by atoms with Crippen LogP contribution in [-0.2, 0) is 17.8 Å². The number of nitrogens with one attached hydrogen (secondary N) is 1. The molecule has 1 saturated heterocycles. The molecular weight excluding hydrogens is 442 g/mol. The van der Waals surface area contributed by atoms with Gasteiger partial charge in [0, 0.05) is 31.2 Å². The topological polar surface area (TPSA) is 72.3 Å². The number of hydrogen-bond acceptors (Lipinski definition) is 7. The highest BCUT2D eigenvalue weighted by atomic mass is 32.1. The van der Waals surface area contributed by atoms with E-state index >= 15 is 0 Å². The summed E-state index contributed by atoms with van der Waals surface area (Å²) in [7, 11) is 0. The van der Waals surface area contributed by atoms with Crippen LogP contribution in [0.5, 0.6) is 0 Å². The van der Waals surface area contributed by atoms with Gasteiger partial charge in [0.1, 0.15) is 5.69 Å². The van der Waals surface area contributed by atoms with Gasteiger partial charge in [-0.15, -0.1) is 22.7 Å². The Morgan fingerprint density at radius 2 is 1.91 bits per heavy atom. The van der Waals surface area contributed by atoms with Crippen molar-refractivity contribution >= 4 is 33.7 Å². The van der Waals surface area contributed by atoms with Crippen LogP contribution in [0, 0.1) is 0 Å². The molecule has 4 aromatic rings. The van der Waals surface area contributed by atoms with Crippen LogP contribution in [0.1, 0.15) is 21.6 Å². The molecule has 0 atom stereocenters. The first-order valence-corrected chi connectivity index (χ1v) is 12.2. The van der Waals surface area contributed by atoms with Gasteiger partial charge in [-0.3, -0.25) is 19.7 Å². The first kappa shape index (κ1) is 21.0. The van der Waals surface area contributed by atoms with Gasteiger partial charge in [-0.2, -0.15) is 5.10 Å². The van der Waals surface area contributed by atoms with Crippen molar-refractivity contribution in [2.24, 2.45) is 0 Å². The van der Waals surface area contributed by atoms with Crippen LogP contribution in [0.2, 0.25) is 0 Å². The van der Waals surface area contributed by atoms with Crippen LogP contribution in [0.4, 0.5) is 5.13 Å². The highest BCUT2D eigenvalue weighted by Gasteiger charge is 2.20. The van der Waals surface area contributed by atoms with Crippen LogP contribution >= 0.6 is 22.7 Å². The number of hydrogen-bond donors (Lipinski definition) is 1. The van der Waals surface area contributed by atoms with Gasteiger partial charge in [0.15, 0.2) is 5.13 Å². The number of thiazole rings is 1. The van der Waals surface area contributed by atoms with Gasteiger partial charge in [0.05, 0.1) is 35.9 Å². The molecule has 4 heterocycles. The third kappa shape index (κ3) is 4.97. The van der Waals surface area contributed by atoms with Crippen LogP contribution in [-0.4, -0.2) is 51.9 Å². The van der Waals surface area contributed by atoms with E-state index in [1.54, 1.807) is 11.3 Å². The van der Waals surface area contributed by atoms with E-state index in [0.717, 1.165) is 49.0 Å². The van der Waals surface area contributed by atoms with Gasteiger partial charge >= 0.3 is 0 Å². The van der Waals surface area contributed by atoms with E-state index in [1.165, 1.54) is 11.3 Å². The number of anilines is 1. The molecule has 164 valence electrons. The third-order valence-corrected chi connectivity index (χ3v) is 6.89. The number of thiophene rings is 1. The zero-order valence-corrected chi connectivity index (χ0v) is 19.1. The molecule has 7 nitrogen and oxygen atoms in total. The molecule has 1 N–H and O–H groups in total. The maximum Gasteiger partial charge on any atom is 0.261 e. The molecule has 0 spiro atoms. The fourth-order valence-electron chi connectivity index (χ4n) is 3.62. The molecule has 0 aliphatic carbocycles. The fourth-order valence-corrected chi connectivity index (χ4v) is 5.04. The molecule has 9 heteroatoms. The average Bonchev–Trinajstić information content (AvgIpc) is 3.56. The Bertz CT molecular complexity index is 1160. The lowest BCUT2D eigenvalue weighted by atomic mass is 10.2. The van der Waals surface area contributed by atoms with E-state index in [0.29, 0.717) is 22.9 Å². The molecule has 1 amide bonds. The van der Waals surface area contributed by atoms with Gasteiger partial charge in [-0.1, -0.05) is 36.4 Å². The second-order valence-corrected chi connectivity index (χ2v) is 9.34. The second kappa shape index (κ2) is 9.74. The summed E-state index contributed by atoms with van der Waals surface area (Å²) in [5.74, 6) is -0.194. The Balaban J connectivity index is 1.33. The normalized spacial score (nSPS) is 14.5. The van der Waals surface area contributed by atoms with E-state index in [4.69, 9.17) is 9.84 Å². The number of carbonyl (C=O) groups is 1. The summed E-state index contributed by atoms with van der Waals surface area (Å²) in [5, 5.41) is 12.3. The predicted molar refractivity (Wildman–Crippen MR) is 127 cm³/mol. The lowest BCUT2D eigenvalue weighted by Crippen LogP contribution is -2.35. The van der Waals surface area contributed by atoms with Crippen LogP contribution in [0.15, 0.2) is 59.4 Å². The standard InChI is InChI=1S/C23H23N5O2S2/c29-22(25-23-24-18(16-32-23)14-27-8-10-30-11-9-27)19-15-28(13-17-5-2-1-3-6-17)26-21(19)20-7-4-12-31-20/h1-7,12,15-16H,8-11,13-14H2,(H,24,25,29). The van der Waals surface area contributed by atoms with Crippen molar-refractivity contribution in [2.75, 3.05) is 31.6 Å². The zero-order valence-electron chi connectivity index (χ0n) is 17.4. The minimum atomic E-state index is -0.194. The van der Waals surface area contributed by atoms with E-state index in [2.05, 4.69) is 27.3 Å². The van der Waals surface area contributed by atoms with Gasteiger partial charge in [0.2, 0.25) is 0 Å². The Labute approximate surface area is 194 Å². The van der Waals surface area contributed by atoms with Crippen molar-refractivity contribution < 1.29 is 9.53 Å². The number of benzene rings is 1. The van der Waals surface area contributed by atoms with Gasteiger partial charge < -0.3 is 4.74 Å².